The van der Waals surface area contributed by atoms with Gasteiger partial charge in [-0.25, -0.2) is 4.79 Å². The van der Waals surface area contributed by atoms with E-state index in [1.165, 1.54) is 5.57 Å². The van der Waals surface area contributed by atoms with Crippen molar-refractivity contribution in [2.24, 2.45) is 11.0 Å². The number of halogens is 1. The van der Waals surface area contributed by atoms with Crippen molar-refractivity contribution >= 4 is 39.8 Å². The molecule has 1 aromatic carbocycles. The smallest absolute Gasteiger partial charge is 0.349 e. The summed E-state index contributed by atoms with van der Waals surface area (Å²) in [7, 11) is 0. The molecule has 138 valence electrons. The SMILES string of the molecule is C=C(C)[C@H]1CC=C(C=Nn2c(=O)[nH]c3c([nH]c4ccc(Cl)cc43)c2=O)CC1. The molecular weight excluding hydrogens is 364 g/mol. The second-order valence-corrected chi connectivity index (χ2v) is 7.39. The topological polar surface area (TPSA) is 83.0 Å². The largest absolute Gasteiger partial charge is 0.350 e. The Hall–Kier alpha value is -2.86. The van der Waals surface area contributed by atoms with E-state index in [9.17, 15) is 9.59 Å². The Balaban J connectivity index is 1.75. The van der Waals surface area contributed by atoms with Gasteiger partial charge in [-0.1, -0.05) is 29.8 Å². The number of benzene rings is 1. The van der Waals surface area contributed by atoms with Crippen LogP contribution in [-0.4, -0.2) is 20.9 Å². The average Bonchev–Trinajstić information content (AvgIpc) is 3.00. The molecular formula is C20H19ClN4O2. The maximum atomic E-state index is 12.8. The van der Waals surface area contributed by atoms with Crippen molar-refractivity contribution in [3.8, 4) is 0 Å². The Labute approximate surface area is 159 Å². The lowest BCUT2D eigenvalue weighted by Gasteiger charge is -2.20. The summed E-state index contributed by atoms with van der Waals surface area (Å²) in [6, 6.07) is 5.21. The Morgan fingerprint density at radius 1 is 1.33 bits per heavy atom. The quantitative estimate of drug-likeness (QED) is 0.531. The zero-order valence-electron chi connectivity index (χ0n) is 14.9. The summed E-state index contributed by atoms with van der Waals surface area (Å²) < 4.78 is 0.852. The number of aromatic nitrogens is 3. The van der Waals surface area contributed by atoms with E-state index in [1.54, 1.807) is 24.4 Å². The van der Waals surface area contributed by atoms with E-state index in [1.807, 2.05) is 6.92 Å². The van der Waals surface area contributed by atoms with Crippen LogP contribution in [0.5, 0.6) is 0 Å². The number of H-pyrrole nitrogens is 2. The number of hydrogen-bond donors (Lipinski definition) is 2. The van der Waals surface area contributed by atoms with Gasteiger partial charge in [0.1, 0.15) is 5.52 Å². The van der Waals surface area contributed by atoms with Crippen LogP contribution < -0.4 is 11.2 Å². The second-order valence-electron chi connectivity index (χ2n) is 6.95. The van der Waals surface area contributed by atoms with Crippen LogP contribution in [0.4, 0.5) is 0 Å². The van der Waals surface area contributed by atoms with E-state index in [-0.39, 0.29) is 0 Å². The van der Waals surface area contributed by atoms with Crippen molar-refractivity contribution in [2.75, 3.05) is 0 Å². The summed E-state index contributed by atoms with van der Waals surface area (Å²) >= 11 is 6.03. The molecule has 1 aliphatic rings. The summed E-state index contributed by atoms with van der Waals surface area (Å²) in [6.45, 7) is 6.05. The monoisotopic (exact) mass is 382 g/mol. The third kappa shape index (κ3) is 3.17. The van der Waals surface area contributed by atoms with Crippen molar-refractivity contribution in [1.29, 1.82) is 0 Å². The van der Waals surface area contributed by atoms with Gasteiger partial charge in [-0.3, -0.25) is 4.79 Å². The normalized spacial score (nSPS) is 17.7. The molecule has 0 amide bonds. The number of aromatic amines is 2. The molecule has 3 aromatic rings. The Morgan fingerprint density at radius 3 is 2.85 bits per heavy atom. The molecule has 0 aliphatic heterocycles. The highest BCUT2D eigenvalue weighted by Gasteiger charge is 2.15. The van der Waals surface area contributed by atoms with Gasteiger partial charge in [0.15, 0.2) is 0 Å². The van der Waals surface area contributed by atoms with E-state index < -0.39 is 11.2 Å². The first-order chi connectivity index (χ1) is 12.9. The lowest BCUT2D eigenvalue weighted by molar-refractivity contribution is 0.548. The predicted molar refractivity (Wildman–Crippen MR) is 110 cm³/mol. The van der Waals surface area contributed by atoms with Crippen LogP contribution in [0.25, 0.3) is 21.9 Å². The first-order valence-electron chi connectivity index (χ1n) is 8.79. The third-order valence-corrected chi connectivity index (χ3v) is 5.31. The van der Waals surface area contributed by atoms with Crippen molar-refractivity contribution in [3.05, 3.63) is 67.9 Å². The first kappa shape index (κ1) is 17.5. The van der Waals surface area contributed by atoms with Gasteiger partial charge in [0.25, 0.3) is 0 Å². The second kappa shape index (κ2) is 6.70. The molecule has 0 bridgehead atoms. The Morgan fingerprint density at radius 2 is 2.15 bits per heavy atom. The number of rotatable bonds is 3. The fraction of sp³-hybridized carbons (Fsp3) is 0.250. The molecule has 2 aromatic heterocycles. The van der Waals surface area contributed by atoms with E-state index in [0.717, 1.165) is 35.0 Å². The minimum atomic E-state index is -0.583. The Bertz CT molecular complexity index is 1240. The molecule has 6 nitrogen and oxygen atoms in total. The molecule has 1 atom stereocenters. The van der Waals surface area contributed by atoms with Crippen LogP contribution in [0.2, 0.25) is 5.02 Å². The Kier molecular flexibility index (Phi) is 4.36. The minimum absolute atomic E-state index is 0.295. The molecule has 0 spiro atoms. The zero-order chi connectivity index (χ0) is 19.1. The summed E-state index contributed by atoms with van der Waals surface area (Å²) in [5.74, 6) is 0.489. The summed E-state index contributed by atoms with van der Waals surface area (Å²) in [5.41, 5.74) is 2.58. The lowest BCUT2D eigenvalue weighted by atomic mass is 9.86. The molecule has 0 unspecified atom stereocenters. The molecule has 0 saturated heterocycles. The van der Waals surface area contributed by atoms with Gasteiger partial charge in [0, 0.05) is 15.9 Å². The summed E-state index contributed by atoms with van der Waals surface area (Å²) in [5, 5.41) is 5.36. The van der Waals surface area contributed by atoms with Crippen molar-refractivity contribution in [2.45, 2.75) is 26.2 Å². The predicted octanol–water partition coefficient (Wildman–Crippen LogP) is 3.96. The average molecular weight is 383 g/mol. The van der Waals surface area contributed by atoms with Gasteiger partial charge in [0.05, 0.1) is 11.7 Å². The van der Waals surface area contributed by atoms with Gasteiger partial charge in [0.2, 0.25) is 0 Å². The lowest BCUT2D eigenvalue weighted by Crippen LogP contribution is -2.32. The van der Waals surface area contributed by atoms with Crippen LogP contribution in [-0.2, 0) is 0 Å². The van der Waals surface area contributed by atoms with Gasteiger partial charge in [-0.05, 0) is 55.9 Å². The van der Waals surface area contributed by atoms with Gasteiger partial charge in [-0.2, -0.15) is 5.10 Å². The molecule has 4 rings (SSSR count). The number of nitrogens with zero attached hydrogens (tertiary/aromatic N) is 2. The summed E-state index contributed by atoms with van der Waals surface area (Å²) in [4.78, 5) is 30.9. The highest BCUT2D eigenvalue weighted by atomic mass is 35.5. The van der Waals surface area contributed by atoms with Crippen LogP contribution in [0.3, 0.4) is 0 Å². The molecule has 7 heteroatoms. The van der Waals surface area contributed by atoms with Gasteiger partial charge in [-0.15, -0.1) is 4.68 Å². The van der Waals surface area contributed by atoms with Gasteiger partial charge < -0.3 is 9.97 Å². The van der Waals surface area contributed by atoms with E-state index in [0.29, 0.717) is 27.4 Å². The fourth-order valence-electron chi connectivity index (χ4n) is 3.47. The third-order valence-electron chi connectivity index (χ3n) is 5.07. The van der Waals surface area contributed by atoms with Crippen LogP contribution in [0.1, 0.15) is 26.2 Å². The highest BCUT2D eigenvalue weighted by Crippen LogP contribution is 2.27. The van der Waals surface area contributed by atoms with Crippen molar-refractivity contribution < 1.29 is 0 Å². The number of nitrogens with one attached hydrogen (secondary N) is 2. The van der Waals surface area contributed by atoms with Crippen molar-refractivity contribution in [1.82, 2.24) is 14.6 Å². The summed E-state index contributed by atoms with van der Waals surface area (Å²) in [6.07, 6.45) is 6.44. The number of hydrogen-bond acceptors (Lipinski definition) is 3. The number of fused-ring (bicyclic) bond motifs is 3. The highest BCUT2D eigenvalue weighted by molar-refractivity contribution is 6.31. The minimum Gasteiger partial charge on any atom is -0.349 e. The molecule has 0 radical (unpaired) electrons. The molecule has 1 aliphatic carbocycles. The maximum Gasteiger partial charge on any atom is 0.350 e. The van der Waals surface area contributed by atoms with Crippen molar-refractivity contribution in [3.63, 3.8) is 0 Å². The van der Waals surface area contributed by atoms with Crippen LogP contribution in [0.15, 0.2) is 56.7 Å². The van der Waals surface area contributed by atoms with E-state index in [2.05, 4.69) is 27.7 Å². The standard InChI is InChI=1S/C20H19ClN4O2/c1-11(2)13-5-3-12(4-6-13)10-22-25-19(26)18-17(24-20(25)27)15-9-14(21)7-8-16(15)23-18/h3,7-10,13,23H,1,4-6H2,2H3,(H,24,27)/t13-/m0/s1. The fourth-order valence-corrected chi connectivity index (χ4v) is 3.64. The maximum absolute atomic E-state index is 12.8. The zero-order valence-corrected chi connectivity index (χ0v) is 15.6. The molecule has 2 N–H and O–H groups in total. The molecule has 0 fully saturated rings. The molecule has 0 saturated carbocycles. The van der Waals surface area contributed by atoms with Crippen LogP contribution >= 0.6 is 11.6 Å². The number of allylic oxidation sites excluding steroid dienone is 3. The first-order valence-corrected chi connectivity index (χ1v) is 9.17. The van der Waals surface area contributed by atoms with E-state index >= 15 is 0 Å². The van der Waals surface area contributed by atoms with Gasteiger partial charge >= 0.3 is 11.2 Å². The van der Waals surface area contributed by atoms with Crippen LogP contribution in [0, 0.1) is 5.92 Å². The molecule has 27 heavy (non-hydrogen) atoms. The van der Waals surface area contributed by atoms with E-state index in [4.69, 9.17) is 11.6 Å². The molecule has 2 heterocycles.